The van der Waals surface area contributed by atoms with E-state index in [-0.39, 0.29) is 5.97 Å². The van der Waals surface area contributed by atoms with Crippen molar-refractivity contribution < 1.29 is 9.53 Å². The van der Waals surface area contributed by atoms with Crippen molar-refractivity contribution in [1.82, 2.24) is 0 Å². The number of anilines is 1. The molecule has 0 aliphatic rings. The van der Waals surface area contributed by atoms with Crippen molar-refractivity contribution in [2.75, 3.05) is 5.73 Å². The van der Waals surface area contributed by atoms with Crippen LogP contribution < -0.4 is 5.73 Å². The Morgan fingerprint density at radius 3 is 2.67 bits per heavy atom. The Labute approximate surface area is 118 Å². The van der Waals surface area contributed by atoms with Crippen molar-refractivity contribution in [3.8, 4) is 0 Å². The first-order chi connectivity index (χ1) is 8.28. The van der Waals surface area contributed by atoms with E-state index in [0.29, 0.717) is 10.6 Å². The number of hydrogen-bond acceptors (Lipinski definition) is 4. The van der Waals surface area contributed by atoms with E-state index < -0.39 is 5.60 Å². The van der Waals surface area contributed by atoms with Crippen LogP contribution >= 0.6 is 27.3 Å². The summed E-state index contributed by atoms with van der Waals surface area (Å²) in [6.45, 7) is 5.51. The van der Waals surface area contributed by atoms with Crippen LogP contribution in [0.5, 0.6) is 0 Å². The highest BCUT2D eigenvalue weighted by atomic mass is 79.9. The summed E-state index contributed by atoms with van der Waals surface area (Å²) in [7, 11) is 0. The number of ether oxygens (including phenoxy) is 1. The average molecular weight is 328 g/mol. The molecule has 96 valence electrons. The standard InChI is InChI=1S/C13H14BrNO2S/c1-13(2,3)17-12(16)11-10(15)8-5-4-7(14)6-9(8)18-11/h4-6H,15H2,1-3H3. The van der Waals surface area contributed by atoms with Gasteiger partial charge in [-0.15, -0.1) is 11.3 Å². The van der Waals surface area contributed by atoms with Gasteiger partial charge in [-0.1, -0.05) is 22.0 Å². The molecule has 18 heavy (non-hydrogen) atoms. The number of thiophene rings is 1. The lowest BCUT2D eigenvalue weighted by Gasteiger charge is -2.18. The van der Waals surface area contributed by atoms with Crippen LogP contribution in [0.15, 0.2) is 22.7 Å². The minimum Gasteiger partial charge on any atom is -0.456 e. The number of nitrogen functional groups attached to an aromatic ring is 1. The van der Waals surface area contributed by atoms with Crippen molar-refractivity contribution in [2.24, 2.45) is 0 Å². The fourth-order valence-electron chi connectivity index (χ4n) is 1.57. The topological polar surface area (TPSA) is 52.3 Å². The molecule has 1 heterocycles. The maximum Gasteiger partial charge on any atom is 0.351 e. The minimum atomic E-state index is -0.514. The third kappa shape index (κ3) is 2.67. The number of carbonyl (C=O) groups is 1. The molecule has 0 bridgehead atoms. The molecular weight excluding hydrogens is 314 g/mol. The smallest absolute Gasteiger partial charge is 0.351 e. The quantitative estimate of drug-likeness (QED) is 0.798. The Hall–Kier alpha value is -1.07. The predicted molar refractivity (Wildman–Crippen MR) is 79.1 cm³/mol. The largest absolute Gasteiger partial charge is 0.456 e. The number of esters is 1. The van der Waals surface area contributed by atoms with Gasteiger partial charge >= 0.3 is 5.97 Å². The average Bonchev–Trinajstić information content (AvgIpc) is 2.53. The molecule has 0 radical (unpaired) electrons. The molecule has 0 amide bonds. The highest BCUT2D eigenvalue weighted by Gasteiger charge is 2.22. The van der Waals surface area contributed by atoms with E-state index in [2.05, 4.69) is 15.9 Å². The summed E-state index contributed by atoms with van der Waals surface area (Å²) in [6.07, 6.45) is 0. The van der Waals surface area contributed by atoms with Gasteiger partial charge in [-0.3, -0.25) is 0 Å². The highest BCUT2D eigenvalue weighted by molar-refractivity contribution is 9.10. The summed E-state index contributed by atoms with van der Waals surface area (Å²) >= 11 is 4.76. The van der Waals surface area contributed by atoms with Crippen LogP contribution in [-0.4, -0.2) is 11.6 Å². The predicted octanol–water partition coefficient (Wildman–Crippen LogP) is 4.20. The summed E-state index contributed by atoms with van der Waals surface area (Å²) in [4.78, 5) is 12.5. The van der Waals surface area contributed by atoms with Gasteiger partial charge in [0.25, 0.3) is 0 Å². The maximum absolute atomic E-state index is 12.0. The molecule has 0 aliphatic heterocycles. The van der Waals surface area contributed by atoms with E-state index in [1.165, 1.54) is 11.3 Å². The third-order valence-electron chi connectivity index (χ3n) is 2.27. The van der Waals surface area contributed by atoms with Gasteiger partial charge in [-0.2, -0.15) is 0 Å². The molecule has 0 spiro atoms. The normalized spacial score (nSPS) is 11.8. The second-order valence-electron chi connectivity index (χ2n) is 4.99. The molecule has 0 fully saturated rings. The van der Waals surface area contributed by atoms with Crippen LogP contribution in [0.3, 0.4) is 0 Å². The van der Waals surface area contributed by atoms with Crippen molar-refractivity contribution in [2.45, 2.75) is 26.4 Å². The molecule has 0 unspecified atom stereocenters. The third-order valence-corrected chi connectivity index (χ3v) is 3.92. The van der Waals surface area contributed by atoms with Crippen LogP contribution in [0, 0.1) is 0 Å². The lowest BCUT2D eigenvalue weighted by molar-refractivity contribution is 0.00765. The van der Waals surface area contributed by atoms with E-state index in [1.807, 2.05) is 39.0 Å². The Kier molecular flexibility index (Phi) is 3.38. The van der Waals surface area contributed by atoms with E-state index in [9.17, 15) is 4.79 Å². The molecule has 1 aromatic carbocycles. The molecule has 3 nitrogen and oxygen atoms in total. The molecule has 0 atom stereocenters. The van der Waals surface area contributed by atoms with E-state index in [1.54, 1.807) is 0 Å². The molecule has 2 N–H and O–H groups in total. The summed E-state index contributed by atoms with van der Waals surface area (Å²) < 4.78 is 7.28. The number of hydrogen-bond donors (Lipinski definition) is 1. The zero-order valence-electron chi connectivity index (χ0n) is 10.4. The lowest BCUT2D eigenvalue weighted by atomic mass is 10.2. The van der Waals surface area contributed by atoms with Crippen LogP contribution in [0.4, 0.5) is 5.69 Å². The zero-order valence-corrected chi connectivity index (χ0v) is 12.8. The van der Waals surface area contributed by atoms with Crippen molar-refractivity contribution in [1.29, 1.82) is 0 Å². The van der Waals surface area contributed by atoms with Gasteiger partial charge in [0.1, 0.15) is 10.5 Å². The van der Waals surface area contributed by atoms with E-state index >= 15 is 0 Å². The van der Waals surface area contributed by atoms with Crippen LogP contribution in [-0.2, 0) is 4.74 Å². The summed E-state index contributed by atoms with van der Waals surface area (Å²) in [5.74, 6) is -0.364. The first-order valence-corrected chi connectivity index (χ1v) is 7.10. The first kappa shape index (κ1) is 13.4. The van der Waals surface area contributed by atoms with E-state index in [0.717, 1.165) is 14.6 Å². The molecule has 2 rings (SSSR count). The minimum absolute atomic E-state index is 0.364. The Balaban J connectivity index is 2.46. The summed E-state index contributed by atoms with van der Waals surface area (Å²) in [5.41, 5.74) is 5.99. The number of nitrogens with two attached hydrogens (primary N) is 1. The SMILES string of the molecule is CC(C)(C)OC(=O)c1sc2cc(Br)ccc2c1N. The van der Waals surface area contributed by atoms with Crippen molar-refractivity contribution in [3.05, 3.63) is 27.5 Å². The van der Waals surface area contributed by atoms with Gasteiger partial charge in [0.15, 0.2) is 0 Å². The number of benzene rings is 1. The van der Waals surface area contributed by atoms with E-state index in [4.69, 9.17) is 10.5 Å². The molecule has 0 aliphatic carbocycles. The fourth-order valence-corrected chi connectivity index (χ4v) is 3.12. The highest BCUT2D eigenvalue weighted by Crippen LogP contribution is 2.36. The zero-order chi connectivity index (χ0) is 13.5. The van der Waals surface area contributed by atoms with Crippen molar-refractivity contribution in [3.63, 3.8) is 0 Å². The summed E-state index contributed by atoms with van der Waals surface area (Å²) in [5, 5.41) is 0.893. The Morgan fingerprint density at radius 1 is 1.39 bits per heavy atom. The van der Waals surface area contributed by atoms with Crippen LogP contribution in [0.2, 0.25) is 0 Å². The van der Waals surface area contributed by atoms with Gasteiger partial charge in [0.05, 0.1) is 5.69 Å². The lowest BCUT2D eigenvalue weighted by Crippen LogP contribution is -2.23. The first-order valence-electron chi connectivity index (χ1n) is 5.49. The van der Waals surface area contributed by atoms with Gasteiger partial charge < -0.3 is 10.5 Å². The second kappa shape index (κ2) is 4.55. The summed E-state index contributed by atoms with van der Waals surface area (Å²) in [6, 6.07) is 5.76. The molecule has 5 heteroatoms. The maximum atomic E-state index is 12.0. The Bertz CT molecular complexity index is 613. The molecule has 1 aromatic heterocycles. The number of halogens is 1. The van der Waals surface area contributed by atoms with Gasteiger partial charge in [-0.05, 0) is 32.9 Å². The van der Waals surface area contributed by atoms with Crippen LogP contribution in [0.1, 0.15) is 30.4 Å². The van der Waals surface area contributed by atoms with Gasteiger partial charge in [0, 0.05) is 14.6 Å². The monoisotopic (exact) mass is 327 g/mol. The number of rotatable bonds is 1. The number of carbonyl (C=O) groups excluding carboxylic acids is 1. The van der Waals surface area contributed by atoms with Gasteiger partial charge in [0.2, 0.25) is 0 Å². The molecule has 0 saturated heterocycles. The Morgan fingerprint density at radius 2 is 2.06 bits per heavy atom. The molecular formula is C13H14BrNO2S. The fraction of sp³-hybridized carbons (Fsp3) is 0.308. The second-order valence-corrected chi connectivity index (χ2v) is 6.96. The number of fused-ring (bicyclic) bond motifs is 1. The molecule has 0 saturated carbocycles. The van der Waals surface area contributed by atoms with Gasteiger partial charge in [-0.25, -0.2) is 4.79 Å². The molecule has 2 aromatic rings. The van der Waals surface area contributed by atoms with Crippen LogP contribution in [0.25, 0.3) is 10.1 Å². The van der Waals surface area contributed by atoms with Crippen molar-refractivity contribution >= 4 is 49.0 Å².